The van der Waals surface area contributed by atoms with Gasteiger partial charge in [-0.05, 0) is 41.5 Å². The van der Waals surface area contributed by atoms with Crippen LogP contribution in [0.15, 0.2) is 82.6 Å². The summed E-state index contributed by atoms with van der Waals surface area (Å²) in [6.07, 6.45) is 2.94. The molecule has 0 N–H and O–H groups in total. The van der Waals surface area contributed by atoms with Gasteiger partial charge in [-0.1, -0.05) is 30.3 Å². The van der Waals surface area contributed by atoms with Crippen molar-refractivity contribution >= 4 is 9.84 Å². The summed E-state index contributed by atoms with van der Waals surface area (Å²) in [5.41, 5.74) is 2.36. The van der Waals surface area contributed by atoms with Crippen LogP contribution in [0, 0.1) is 0 Å². The lowest BCUT2D eigenvalue weighted by Crippen LogP contribution is -2.16. The molecule has 0 spiro atoms. The van der Waals surface area contributed by atoms with Crippen molar-refractivity contribution in [3.8, 4) is 16.8 Å². The summed E-state index contributed by atoms with van der Waals surface area (Å²) in [7, 11) is -3.21. The molecule has 0 aliphatic carbocycles. The van der Waals surface area contributed by atoms with Gasteiger partial charge in [0.2, 0.25) is 0 Å². The first-order chi connectivity index (χ1) is 10.9. The smallest absolute Gasteiger partial charge is 0.255 e. The van der Waals surface area contributed by atoms with Gasteiger partial charge >= 0.3 is 0 Å². The van der Waals surface area contributed by atoms with E-state index in [9.17, 15) is 13.2 Å². The van der Waals surface area contributed by atoms with Crippen LogP contribution in [-0.4, -0.2) is 19.2 Å². The third-order valence-electron chi connectivity index (χ3n) is 3.56. The van der Waals surface area contributed by atoms with Crippen molar-refractivity contribution in [1.82, 2.24) is 4.57 Å². The molecule has 0 bridgehead atoms. The zero-order valence-electron chi connectivity index (χ0n) is 12.5. The third-order valence-corrected chi connectivity index (χ3v) is 4.69. The predicted octanol–water partition coefficient (Wildman–Crippen LogP) is 2.91. The van der Waals surface area contributed by atoms with Gasteiger partial charge in [0.1, 0.15) is 0 Å². The Balaban J connectivity index is 2.06. The van der Waals surface area contributed by atoms with Gasteiger partial charge in [-0.25, -0.2) is 8.42 Å². The number of benzene rings is 2. The molecule has 0 saturated heterocycles. The summed E-state index contributed by atoms with van der Waals surface area (Å²) in [4.78, 5) is 12.3. The summed E-state index contributed by atoms with van der Waals surface area (Å²) < 4.78 is 24.6. The molecular formula is C18H15NO3S. The largest absolute Gasteiger partial charge is 0.284 e. The third kappa shape index (κ3) is 3.24. The molecule has 0 unspecified atom stereocenters. The van der Waals surface area contributed by atoms with Crippen LogP contribution in [0.1, 0.15) is 0 Å². The topological polar surface area (TPSA) is 56.1 Å². The van der Waals surface area contributed by atoms with E-state index in [1.54, 1.807) is 41.1 Å². The minimum atomic E-state index is -3.21. The first kappa shape index (κ1) is 15.2. The fourth-order valence-electron chi connectivity index (χ4n) is 2.34. The molecule has 2 aromatic carbocycles. The summed E-state index contributed by atoms with van der Waals surface area (Å²) in [6, 6.07) is 19.2. The number of hydrogen-bond donors (Lipinski definition) is 0. The van der Waals surface area contributed by atoms with E-state index in [-0.39, 0.29) is 10.5 Å². The average Bonchev–Trinajstić information content (AvgIpc) is 2.55. The van der Waals surface area contributed by atoms with Crippen LogP contribution in [0.4, 0.5) is 0 Å². The molecular weight excluding hydrogens is 310 g/mol. The fraction of sp³-hybridized carbons (Fsp3) is 0.0556. The molecule has 116 valence electrons. The van der Waals surface area contributed by atoms with Crippen LogP contribution in [0.25, 0.3) is 16.8 Å². The average molecular weight is 325 g/mol. The first-order valence-electron chi connectivity index (χ1n) is 7.04. The maximum atomic E-state index is 12.1. The van der Waals surface area contributed by atoms with E-state index in [2.05, 4.69) is 0 Å². The highest BCUT2D eigenvalue weighted by atomic mass is 32.2. The van der Waals surface area contributed by atoms with Crippen molar-refractivity contribution in [2.24, 2.45) is 0 Å². The molecule has 4 nitrogen and oxygen atoms in total. The summed E-state index contributed by atoms with van der Waals surface area (Å²) in [5.74, 6) is 0. The maximum absolute atomic E-state index is 12.1. The lowest BCUT2D eigenvalue weighted by molar-refractivity contribution is 0.602. The van der Waals surface area contributed by atoms with E-state index in [1.165, 1.54) is 12.3 Å². The quantitative estimate of drug-likeness (QED) is 0.744. The second kappa shape index (κ2) is 5.85. The van der Waals surface area contributed by atoms with Crippen molar-refractivity contribution in [1.29, 1.82) is 0 Å². The fourth-order valence-corrected chi connectivity index (χ4v) is 2.97. The van der Waals surface area contributed by atoms with Crippen LogP contribution in [0.5, 0.6) is 0 Å². The van der Waals surface area contributed by atoms with Crippen LogP contribution in [-0.2, 0) is 9.84 Å². The highest BCUT2D eigenvalue weighted by Crippen LogP contribution is 2.21. The van der Waals surface area contributed by atoms with Crippen LogP contribution < -0.4 is 5.56 Å². The number of sulfone groups is 1. The van der Waals surface area contributed by atoms with Crippen molar-refractivity contribution in [2.45, 2.75) is 4.90 Å². The Bertz CT molecular complexity index is 988. The highest BCUT2D eigenvalue weighted by molar-refractivity contribution is 7.90. The summed E-state index contributed by atoms with van der Waals surface area (Å²) in [5, 5.41) is 0. The Morgan fingerprint density at radius 1 is 0.783 bits per heavy atom. The molecule has 1 heterocycles. The SMILES string of the molecule is CS(=O)(=O)c1ccc(-c2ccc(=O)n(-c3ccccc3)c2)cc1. The van der Waals surface area contributed by atoms with Gasteiger partial charge in [0.05, 0.1) is 4.90 Å². The van der Waals surface area contributed by atoms with Crippen molar-refractivity contribution in [2.75, 3.05) is 6.26 Å². The van der Waals surface area contributed by atoms with Crippen LogP contribution in [0.2, 0.25) is 0 Å². The second-order valence-electron chi connectivity index (χ2n) is 5.26. The summed E-state index contributed by atoms with van der Waals surface area (Å²) in [6.45, 7) is 0. The zero-order chi connectivity index (χ0) is 16.4. The maximum Gasteiger partial charge on any atom is 0.255 e. The van der Waals surface area contributed by atoms with Gasteiger partial charge in [0.25, 0.3) is 5.56 Å². The molecule has 3 rings (SSSR count). The minimum absolute atomic E-state index is 0.118. The molecule has 0 aliphatic rings. The Morgan fingerprint density at radius 3 is 2.00 bits per heavy atom. The Kier molecular flexibility index (Phi) is 3.88. The standard InChI is InChI=1S/C18H15NO3S/c1-23(21,22)17-10-7-14(8-11-17)15-9-12-18(20)19(13-15)16-5-3-2-4-6-16/h2-13H,1H3. The second-order valence-corrected chi connectivity index (χ2v) is 7.27. The van der Waals surface area contributed by atoms with Gasteiger partial charge < -0.3 is 0 Å². The van der Waals surface area contributed by atoms with Gasteiger partial charge in [-0.3, -0.25) is 9.36 Å². The van der Waals surface area contributed by atoms with Gasteiger partial charge in [-0.15, -0.1) is 0 Å². The minimum Gasteiger partial charge on any atom is -0.284 e. The summed E-state index contributed by atoms with van der Waals surface area (Å²) >= 11 is 0. The lowest BCUT2D eigenvalue weighted by Gasteiger charge is -2.09. The van der Waals surface area contributed by atoms with E-state index >= 15 is 0 Å². The molecule has 0 aliphatic heterocycles. The van der Waals surface area contributed by atoms with Gasteiger partial charge in [0, 0.05) is 24.2 Å². The number of nitrogens with zero attached hydrogens (tertiary/aromatic N) is 1. The normalized spacial score (nSPS) is 11.3. The van der Waals surface area contributed by atoms with E-state index < -0.39 is 9.84 Å². The first-order valence-corrected chi connectivity index (χ1v) is 8.93. The Morgan fingerprint density at radius 2 is 1.39 bits per heavy atom. The number of hydrogen-bond acceptors (Lipinski definition) is 3. The molecule has 5 heteroatoms. The monoisotopic (exact) mass is 325 g/mol. The molecule has 0 atom stereocenters. The van der Waals surface area contributed by atoms with Crippen LogP contribution >= 0.6 is 0 Å². The highest BCUT2D eigenvalue weighted by Gasteiger charge is 2.08. The lowest BCUT2D eigenvalue weighted by atomic mass is 10.1. The van der Waals surface area contributed by atoms with Crippen molar-refractivity contribution in [3.05, 3.63) is 83.3 Å². The number of aromatic nitrogens is 1. The van der Waals surface area contributed by atoms with E-state index in [4.69, 9.17) is 0 Å². The molecule has 0 saturated carbocycles. The van der Waals surface area contributed by atoms with Gasteiger partial charge in [-0.2, -0.15) is 0 Å². The molecule has 3 aromatic rings. The van der Waals surface area contributed by atoms with Crippen molar-refractivity contribution in [3.63, 3.8) is 0 Å². The molecule has 0 radical (unpaired) electrons. The molecule has 23 heavy (non-hydrogen) atoms. The Hall–Kier alpha value is -2.66. The molecule has 0 fully saturated rings. The van der Waals surface area contributed by atoms with E-state index in [1.807, 2.05) is 30.3 Å². The molecule has 0 amide bonds. The molecule has 1 aromatic heterocycles. The Labute approximate surface area is 134 Å². The number of pyridine rings is 1. The van der Waals surface area contributed by atoms with E-state index in [0.29, 0.717) is 0 Å². The number of para-hydroxylation sites is 1. The predicted molar refractivity (Wildman–Crippen MR) is 90.6 cm³/mol. The van der Waals surface area contributed by atoms with Gasteiger partial charge in [0.15, 0.2) is 9.84 Å². The number of rotatable bonds is 3. The zero-order valence-corrected chi connectivity index (χ0v) is 13.3. The van der Waals surface area contributed by atoms with E-state index in [0.717, 1.165) is 16.8 Å². The van der Waals surface area contributed by atoms with Crippen molar-refractivity contribution < 1.29 is 8.42 Å². The van der Waals surface area contributed by atoms with Crippen LogP contribution in [0.3, 0.4) is 0 Å².